The molecule has 0 aliphatic rings. The molecule has 1 aromatic heterocycles. The predicted octanol–water partition coefficient (Wildman–Crippen LogP) is 2.53. The monoisotopic (exact) mass is 424 g/mol. The van der Waals surface area contributed by atoms with Crippen molar-refractivity contribution in [2.75, 3.05) is 13.2 Å². The summed E-state index contributed by atoms with van der Waals surface area (Å²) in [4.78, 5) is 29.0. The Morgan fingerprint density at radius 1 is 1.13 bits per heavy atom. The van der Waals surface area contributed by atoms with Crippen molar-refractivity contribution >= 4 is 16.8 Å². The number of para-hydroxylation sites is 1. The fraction of sp³-hybridized carbons (Fsp3) is 0.348. The van der Waals surface area contributed by atoms with Gasteiger partial charge in [-0.1, -0.05) is 18.2 Å². The highest BCUT2D eigenvalue weighted by molar-refractivity contribution is 5.78. The second-order valence-corrected chi connectivity index (χ2v) is 7.08. The molecular weight excluding hydrogens is 396 g/mol. The van der Waals surface area contributed by atoms with Gasteiger partial charge in [0.15, 0.2) is 11.5 Å². The van der Waals surface area contributed by atoms with Crippen LogP contribution in [0.25, 0.3) is 10.9 Å². The van der Waals surface area contributed by atoms with E-state index in [1.807, 2.05) is 45.0 Å². The molecule has 3 rings (SSSR count). The molecule has 0 spiro atoms. The third kappa shape index (κ3) is 5.21. The fourth-order valence-corrected chi connectivity index (χ4v) is 3.37. The van der Waals surface area contributed by atoms with Gasteiger partial charge in [0.1, 0.15) is 12.4 Å². The Kier molecular flexibility index (Phi) is 7.25. The van der Waals surface area contributed by atoms with Crippen molar-refractivity contribution in [3.63, 3.8) is 0 Å². The third-order valence-corrected chi connectivity index (χ3v) is 4.89. The molecule has 3 N–H and O–H groups in total. The number of hydrogen-bond acceptors (Lipinski definition) is 6. The Morgan fingerprint density at radius 2 is 1.84 bits per heavy atom. The second-order valence-electron chi connectivity index (χ2n) is 7.08. The van der Waals surface area contributed by atoms with Crippen LogP contribution in [0.5, 0.6) is 11.5 Å². The summed E-state index contributed by atoms with van der Waals surface area (Å²) in [6.45, 7) is 7.00. The number of primary amides is 1. The van der Waals surface area contributed by atoms with Gasteiger partial charge in [-0.2, -0.15) is 0 Å². The average Bonchev–Trinajstić information content (AvgIpc) is 2.75. The van der Waals surface area contributed by atoms with E-state index in [4.69, 9.17) is 15.2 Å². The fourth-order valence-electron chi connectivity index (χ4n) is 3.37. The van der Waals surface area contributed by atoms with Gasteiger partial charge in [-0.05, 0) is 50.6 Å². The number of nitrogens with zero attached hydrogens (tertiary/aromatic N) is 2. The minimum absolute atomic E-state index is 0.0692. The number of carbonyl (C=O) groups excluding carboxylic acids is 1. The predicted molar refractivity (Wildman–Crippen MR) is 119 cm³/mol. The van der Waals surface area contributed by atoms with Gasteiger partial charge in [-0.25, -0.2) is 4.98 Å². The number of nitrogens with two attached hydrogens (primary N) is 1. The Hall–Kier alpha value is -3.39. The van der Waals surface area contributed by atoms with Gasteiger partial charge in [0.25, 0.3) is 5.56 Å². The van der Waals surface area contributed by atoms with Gasteiger partial charge in [0, 0.05) is 6.04 Å². The minimum Gasteiger partial charge on any atom is -0.490 e. The summed E-state index contributed by atoms with van der Waals surface area (Å²) < 4.78 is 12.7. The van der Waals surface area contributed by atoms with Crippen LogP contribution < -0.4 is 26.1 Å². The summed E-state index contributed by atoms with van der Waals surface area (Å²) in [5.74, 6) is 1.24. The number of rotatable bonds is 10. The summed E-state index contributed by atoms with van der Waals surface area (Å²) in [6, 6.07) is 12.8. The first kappa shape index (κ1) is 22.3. The molecule has 0 fully saturated rings. The highest BCUT2D eigenvalue weighted by Gasteiger charge is 2.15. The summed E-state index contributed by atoms with van der Waals surface area (Å²) >= 11 is 0. The molecule has 0 radical (unpaired) electrons. The largest absolute Gasteiger partial charge is 0.490 e. The molecule has 0 bridgehead atoms. The zero-order chi connectivity index (χ0) is 22.4. The number of fused-ring (bicyclic) bond motifs is 1. The van der Waals surface area contributed by atoms with E-state index in [0.717, 1.165) is 5.56 Å². The van der Waals surface area contributed by atoms with Crippen LogP contribution in [-0.2, 0) is 17.9 Å². The molecule has 3 aromatic rings. The Balaban J connectivity index is 1.87. The molecule has 0 saturated carbocycles. The zero-order valence-corrected chi connectivity index (χ0v) is 18.1. The molecule has 0 unspecified atom stereocenters. The van der Waals surface area contributed by atoms with Gasteiger partial charge in [-0.3, -0.25) is 14.2 Å². The van der Waals surface area contributed by atoms with Crippen LogP contribution in [-0.4, -0.2) is 28.7 Å². The molecule has 0 aliphatic heterocycles. The molecule has 1 heterocycles. The number of carbonyl (C=O) groups is 1. The zero-order valence-electron chi connectivity index (χ0n) is 18.1. The lowest BCUT2D eigenvalue weighted by atomic mass is 10.1. The highest BCUT2D eigenvalue weighted by Crippen LogP contribution is 2.30. The van der Waals surface area contributed by atoms with Crippen molar-refractivity contribution in [3.8, 4) is 11.5 Å². The molecule has 2 aromatic carbocycles. The van der Waals surface area contributed by atoms with Gasteiger partial charge < -0.3 is 20.5 Å². The lowest BCUT2D eigenvalue weighted by Gasteiger charge is -2.19. The number of aromatic nitrogens is 2. The maximum Gasteiger partial charge on any atom is 0.261 e. The van der Waals surface area contributed by atoms with Crippen molar-refractivity contribution in [3.05, 3.63) is 64.2 Å². The normalized spacial score (nSPS) is 12.0. The van der Waals surface area contributed by atoms with Crippen molar-refractivity contribution < 1.29 is 14.3 Å². The maximum absolute atomic E-state index is 12.9. The van der Waals surface area contributed by atoms with E-state index in [1.165, 1.54) is 4.57 Å². The second kappa shape index (κ2) is 10.1. The highest BCUT2D eigenvalue weighted by atomic mass is 16.5. The Labute approximate surface area is 181 Å². The molecular formula is C23H28N4O4. The first-order valence-electron chi connectivity index (χ1n) is 10.3. The molecule has 1 atom stereocenters. The topological polar surface area (TPSA) is 108 Å². The molecule has 164 valence electrons. The van der Waals surface area contributed by atoms with Crippen LogP contribution in [0.2, 0.25) is 0 Å². The summed E-state index contributed by atoms with van der Waals surface area (Å²) in [5.41, 5.74) is 6.66. The van der Waals surface area contributed by atoms with E-state index in [9.17, 15) is 9.59 Å². The van der Waals surface area contributed by atoms with Gasteiger partial charge in [0.05, 0.1) is 30.7 Å². The van der Waals surface area contributed by atoms with E-state index < -0.39 is 5.91 Å². The first-order valence-corrected chi connectivity index (χ1v) is 10.3. The maximum atomic E-state index is 12.9. The smallest absolute Gasteiger partial charge is 0.261 e. The van der Waals surface area contributed by atoms with Crippen molar-refractivity contribution in [1.82, 2.24) is 14.9 Å². The number of ether oxygens (including phenoxy) is 2. The van der Waals surface area contributed by atoms with Crippen molar-refractivity contribution in [2.24, 2.45) is 5.73 Å². The summed E-state index contributed by atoms with van der Waals surface area (Å²) in [6.07, 6.45) is 0. The van der Waals surface area contributed by atoms with E-state index in [0.29, 0.717) is 41.4 Å². The van der Waals surface area contributed by atoms with E-state index in [1.54, 1.807) is 18.2 Å². The van der Waals surface area contributed by atoms with Crippen molar-refractivity contribution in [1.29, 1.82) is 0 Å². The van der Waals surface area contributed by atoms with Crippen LogP contribution in [0.4, 0.5) is 0 Å². The number of hydrogen-bond donors (Lipinski definition) is 2. The van der Waals surface area contributed by atoms with Crippen molar-refractivity contribution in [2.45, 2.75) is 39.9 Å². The lowest BCUT2D eigenvalue weighted by Crippen LogP contribution is -2.33. The lowest BCUT2D eigenvalue weighted by molar-refractivity contribution is -0.118. The van der Waals surface area contributed by atoms with Gasteiger partial charge in [-0.15, -0.1) is 0 Å². The number of nitrogens with one attached hydrogen (secondary N) is 1. The molecule has 0 saturated heterocycles. The third-order valence-electron chi connectivity index (χ3n) is 4.89. The Bertz CT molecular complexity index is 1130. The van der Waals surface area contributed by atoms with E-state index >= 15 is 0 Å². The first-order chi connectivity index (χ1) is 14.9. The number of benzene rings is 2. The average molecular weight is 425 g/mol. The standard InChI is InChI=1S/C23H28N4O4/c1-4-30-19-11-10-16(12-20(19)31-5-2)15(3)25-13-22-26-18-9-7-6-8-17(18)23(29)27(22)14-21(24)28/h6-12,15,25H,4-5,13-14H2,1-3H3,(H2,24,28)/t15-/m1/s1. The quantitative estimate of drug-likeness (QED) is 0.518. The van der Waals surface area contributed by atoms with E-state index in [2.05, 4.69) is 10.3 Å². The number of amides is 1. The van der Waals surface area contributed by atoms with Crippen LogP contribution in [0, 0.1) is 0 Å². The minimum atomic E-state index is -0.596. The van der Waals surface area contributed by atoms with Gasteiger partial charge >= 0.3 is 0 Å². The molecule has 0 aliphatic carbocycles. The van der Waals surface area contributed by atoms with E-state index in [-0.39, 0.29) is 24.7 Å². The summed E-state index contributed by atoms with van der Waals surface area (Å²) in [7, 11) is 0. The molecule has 8 nitrogen and oxygen atoms in total. The van der Waals surface area contributed by atoms with Crippen LogP contribution >= 0.6 is 0 Å². The Morgan fingerprint density at radius 3 is 2.55 bits per heavy atom. The molecule has 1 amide bonds. The SMILES string of the molecule is CCOc1ccc([C@@H](C)NCc2nc3ccccc3c(=O)n2CC(N)=O)cc1OCC. The molecule has 31 heavy (non-hydrogen) atoms. The van der Waals surface area contributed by atoms with Crippen LogP contribution in [0.1, 0.15) is 38.2 Å². The van der Waals surface area contributed by atoms with Crippen LogP contribution in [0.3, 0.4) is 0 Å². The van der Waals surface area contributed by atoms with Gasteiger partial charge in [0.2, 0.25) is 5.91 Å². The van der Waals surface area contributed by atoms with Crippen LogP contribution in [0.15, 0.2) is 47.3 Å². The molecule has 8 heteroatoms. The summed E-state index contributed by atoms with van der Waals surface area (Å²) in [5, 5.41) is 3.82.